The van der Waals surface area contributed by atoms with Crippen molar-refractivity contribution < 1.29 is 0 Å². The van der Waals surface area contributed by atoms with Gasteiger partial charge in [0.05, 0.1) is 0 Å². The van der Waals surface area contributed by atoms with Crippen LogP contribution in [-0.4, -0.2) is 0 Å². The van der Waals surface area contributed by atoms with Crippen molar-refractivity contribution in [1.82, 2.24) is 0 Å². The summed E-state index contributed by atoms with van der Waals surface area (Å²) in [6.45, 7) is 6.23. The van der Waals surface area contributed by atoms with Crippen LogP contribution in [-0.2, 0) is 6.42 Å². The van der Waals surface area contributed by atoms with Crippen molar-refractivity contribution in [3.05, 3.63) is 48.0 Å². The zero-order chi connectivity index (χ0) is 11.6. The molecule has 0 radical (unpaired) electrons. The average molecular weight is 216 g/mol. The lowest BCUT2D eigenvalue weighted by Crippen LogP contribution is -1.86. The molecule has 0 aliphatic heterocycles. The molecule has 0 amide bonds. The van der Waals surface area contributed by atoms with Gasteiger partial charge in [-0.1, -0.05) is 62.2 Å². The van der Waals surface area contributed by atoms with Crippen molar-refractivity contribution in [2.45, 2.75) is 51.9 Å². The van der Waals surface area contributed by atoms with Gasteiger partial charge in [-0.25, -0.2) is 0 Å². The number of benzene rings is 1. The van der Waals surface area contributed by atoms with E-state index in [-0.39, 0.29) is 0 Å². The van der Waals surface area contributed by atoms with Gasteiger partial charge in [0.25, 0.3) is 0 Å². The van der Waals surface area contributed by atoms with Gasteiger partial charge in [-0.05, 0) is 37.7 Å². The summed E-state index contributed by atoms with van der Waals surface area (Å²) >= 11 is 0. The molecular formula is C16H24. The fourth-order valence-corrected chi connectivity index (χ4v) is 1.88. The average Bonchev–Trinajstić information content (AvgIpc) is 2.34. The zero-order valence-corrected chi connectivity index (χ0v) is 10.5. The molecule has 0 aromatic heterocycles. The third-order valence-electron chi connectivity index (χ3n) is 3.09. The first kappa shape index (κ1) is 13.0. The minimum Gasteiger partial charge on any atom is -0.0999 e. The Hall–Kier alpha value is -1.04. The van der Waals surface area contributed by atoms with Gasteiger partial charge in [0.2, 0.25) is 0 Å². The molecule has 0 saturated heterocycles. The van der Waals surface area contributed by atoms with Crippen molar-refractivity contribution in [1.29, 1.82) is 0 Å². The van der Waals surface area contributed by atoms with E-state index in [4.69, 9.17) is 0 Å². The Morgan fingerprint density at radius 1 is 1.00 bits per heavy atom. The van der Waals surface area contributed by atoms with Crippen molar-refractivity contribution in [2.24, 2.45) is 0 Å². The molecule has 0 N–H and O–H groups in total. The number of unbranched alkanes of at least 4 members (excludes halogenated alkanes) is 3. The van der Waals surface area contributed by atoms with Gasteiger partial charge in [0.1, 0.15) is 0 Å². The first-order chi connectivity index (χ1) is 7.83. The summed E-state index contributed by atoms with van der Waals surface area (Å²) in [6.07, 6.45) is 8.95. The van der Waals surface area contributed by atoms with Crippen LogP contribution in [0, 0.1) is 0 Å². The van der Waals surface area contributed by atoms with E-state index in [9.17, 15) is 0 Å². The quantitative estimate of drug-likeness (QED) is 0.416. The summed E-state index contributed by atoms with van der Waals surface area (Å²) < 4.78 is 0. The van der Waals surface area contributed by atoms with Crippen molar-refractivity contribution in [2.75, 3.05) is 0 Å². The lowest BCUT2D eigenvalue weighted by molar-refractivity contribution is 0.634. The number of rotatable bonds is 8. The van der Waals surface area contributed by atoms with E-state index in [0.717, 1.165) is 6.42 Å². The standard InChI is InChI=1S/C16H24/c1-3-15(2)11-7-4-5-8-12-16-13-9-6-10-14-16/h6,9-10,13-14H,2-5,7-8,11-12H2,1H3. The highest BCUT2D eigenvalue weighted by molar-refractivity contribution is 5.14. The molecule has 0 fully saturated rings. The van der Waals surface area contributed by atoms with Gasteiger partial charge in [0, 0.05) is 0 Å². The lowest BCUT2D eigenvalue weighted by atomic mass is 10.0. The summed E-state index contributed by atoms with van der Waals surface area (Å²) in [5.74, 6) is 0. The Balaban J connectivity index is 1.98. The molecule has 88 valence electrons. The maximum atomic E-state index is 4.04. The van der Waals surface area contributed by atoms with E-state index in [1.165, 1.54) is 49.7 Å². The lowest BCUT2D eigenvalue weighted by Gasteiger charge is -2.03. The van der Waals surface area contributed by atoms with Gasteiger partial charge >= 0.3 is 0 Å². The van der Waals surface area contributed by atoms with Gasteiger partial charge < -0.3 is 0 Å². The van der Waals surface area contributed by atoms with E-state index in [1.807, 2.05) is 0 Å². The fraction of sp³-hybridized carbons (Fsp3) is 0.500. The van der Waals surface area contributed by atoms with Gasteiger partial charge in [-0.2, -0.15) is 0 Å². The molecule has 0 heterocycles. The minimum absolute atomic E-state index is 1.14. The topological polar surface area (TPSA) is 0 Å². The van der Waals surface area contributed by atoms with Crippen LogP contribution in [0.3, 0.4) is 0 Å². The second kappa shape index (κ2) is 8.15. The second-order valence-corrected chi connectivity index (χ2v) is 4.50. The van der Waals surface area contributed by atoms with E-state index in [0.29, 0.717) is 0 Å². The third-order valence-corrected chi connectivity index (χ3v) is 3.09. The summed E-state index contributed by atoms with van der Waals surface area (Å²) in [5.41, 5.74) is 2.88. The molecular weight excluding hydrogens is 192 g/mol. The molecule has 0 atom stereocenters. The molecule has 0 heteroatoms. The molecule has 0 aliphatic carbocycles. The maximum absolute atomic E-state index is 4.04. The summed E-state index contributed by atoms with van der Waals surface area (Å²) in [7, 11) is 0. The molecule has 1 rings (SSSR count). The maximum Gasteiger partial charge on any atom is -0.0279 e. The van der Waals surface area contributed by atoms with Crippen LogP contribution in [0.5, 0.6) is 0 Å². The smallest absolute Gasteiger partial charge is 0.0279 e. The number of hydrogen-bond donors (Lipinski definition) is 0. The van der Waals surface area contributed by atoms with Crippen molar-refractivity contribution >= 4 is 0 Å². The minimum atomic E-state index is 1.14. The van der Waals surface area contributed by atoms with E-state index >= 15 is 0 Å². The Morgan fingerprint density at radius 2 is 1.69 bits per heavy atom. The highest BCUT2D eigenvalue weighted by Crippen LogP contribution is 2.12. The van der Waals surface area contributed by atoms with Crippen LogP contribution < -0.4 is 0 Å². The van der Waals surface area contributed by atoms with Crippen LogP contribution in [0.2, 0.25) is 0 Å². The first-order valence-electron chi connectivity index (χ1n) is 6.53. The molecule has 1 aromatic carbocycles. The van der Waals surface area contributed by atoms with Crippen LogP contribution in [0.15, 0.2) is 42.5 Å². The van der Waals surface area contributed by atoms with Crippen molar-refractivity contribution in [3.8, 4) is 0 Å². The number of aryl methyl sites for hydroxylation is 1. The molecule has 16 heavy (non-hydrogen) atoms. The molecule has 0 bridgehead atoms. The van der Waals surface area contributed by atoms with E-state index in [1.54, 1.807) is 0 Å². The third kappa shape index (κ3) is 5.75. The fourth-order valence-electron chi connectivity index (χ4n) is 1.88. The Labute approximate surface area is 100 Å². The summed E-state index contributed by atoms with van der Waals surface area (Å²) in [4.78, 5) is 0. The number of allylic oxidation sites excluding steroid dienone is 1. The van der Waals surface area contributed by atoms with Gasteiger partial charge in [-0.15, -0.1) is 0 Å². The monoisotopic (exact) mass is 216 g/mol. The molecule has 0 spiro atoms. The van der Waals surface area contributed by atoms with Crippen molar-refractivity contribution in [3.63, 3.8) is 0 Å². The van der Waals surface area contributed by atoms with Gasteiger partial charge in [-0.3, -0.25) is 0 Å². The Morgan fingerprint density at radius 3 is 2.38 bits per heavy atom. The van der Waals surface area contributed by atoms with Crippen LogP contribution in [0.4, 0.5) is 0 Å². The van der Waals surface area contributed by atoms with Gasteiger partial charge in [0.15, 0.2) is 0 Å². The molecule has 1 aromatic rings. The molecule has 0 aliphatic rings. The number of hydrogen-bond acceptors (Lipinski definition) is 0. The van der Waals surface area contributed by atoms with Crippen LogP contribution in [0.25, 0.3) is 0 Å². The highest BCUT2D eigenvalue weighted by Gasteiger charge is 1.94. The van der Waals surface area contributed by atoms with E-state index in [2.05, 4.69) is 43.8 Å². The second-order valence-electron chi connectivity index (χ2n) is 4.50. The largest absolute Gasteiger partial charge is 0.0999 e. The zero-order valence-electron chi connectivity index (χ0n) is 10.5. The first-order valence-corrected chi connectivity index (χ1v) is 6.53. The SMILES string of the molecule is C=C(CC)CCCCCCc1ccccc1. The predicted molar refractivity (Wildman–Crippen MR) is 72.7 cm³/mol. The Kier molecular flexibility index (Phi) is 6.64. The molecule has 0 unspecified atom stereocenters. The Bertz CT molecular complexity index is 284. The van der Waals surface area contributed by atoms with Crippen LogP contribution in [0.1, 0.15) is 51.0 Å². The van der Waals surface area contributed by atoms with Crippen LogP contribution >= 0.6 is 0 Å². The molecule has 0 saturated carbocycles. The normalized spacial score (nSPS) is 10.3. The predicted octanol–water partition coefficient (Wildman–Crippen LogP) is 5.15. The highest BCUT2D eigenvalue weighted by atomic mass is 14.0. The summed E-state index contributed by atoms with van der Waals surface area (Å²) in [6, 6.07) is 10.8. The van der Waals surface area contributed by atoms with E-state index < -0.39 is 0 Å². The summed E-state index contributed by atoms with van der Waals surface area (Å²) in [5, 5.41) is 0. The molecule has 0 nitrogen and oxygen atoms in total.